The molecule has 2 nitrogen and oxygen atoms in total. The maximum absolute atomic E-state index is 13.2. The monoisotopic (exact) mass is 340 g/mol. The number of rotatable bonds is 6. The molecule has 110 valence electrons. The number of benzene rings is 1. The molecule has 3 rings (SSSR count). The maximum Gasteiger partial charge on any atom is 0.124 e. The Bertz CT molecular complexity index is 456. The highest BCUT2D eigenvalue weighted by Gasteiger charge is 2.26. The third-order valence-electron chi connectivity index (χ3n) is 4.26. The summed E-state index contributed by atoms with van der Waals surface area (Å²) in [4.78, 5) is 2.54. The van der Waals surface area contributed by atoms with Gasteiger partial charge >= 0.3 is 0 Å². The lowest BCUT2D eigenvalue weighted by molar-refractivity contribution is 0.231. The van der Waals surface area contributed by atoms with E-state index in [1.54, 1.807) is 12.1 Å². The molecule has 0 bridgehead atoms. The van der Waals surface area contributed by atoms with Crippen molar-refractivity contribution in [2.24, 2.45) is 5.92 Å². The molecule has 1 N–H and O–H groups in total. The summed E-state index contributed by atoms with van der Waals surface area (Å²) in [7, 11) is 0. The van der Waals surface area contributed by atoms with Crippen molar-refractivity contribution in [3.8, 4) is 0 Å². The normalized spacial score (nSPS) is 22.6. The highest BCUT2D eigenvalue weighted by Crippen LogP contribution is 2.31. The summed E-state index contributed by atoms with van der Waals surface area (Å²) < 4.78 is 14.1. The fourth-order valence-electron chi connectivity index (χ4n) is 2.98. The van der Waals surface area contributed by atoms with E-state index >= 15 is 0 Å². The van der Waals surface area contributed by atoms with Gasteiger partial charge in [-0.25, -0.2) is 4.39 Å². The zero-order valence-electron chi connectivity index (χ0n) is 11.7. The topological polar surface area (TPSA) is 15.3 Å². The molecule has 1 saturated carbocycles. The molecule has 1 heterocycles. The van der Waals surface area contributed by atoms with Gasteiger partial charge in [-0.1, -0.05) is 22.0 Å². The van der Waals surface area contributed by atoms with Crippen LogP contribution < -0.4 is 5.32 Å². The summed E-state index contributed by atoms with van der Waals surface area (Å²) in [6.07, 6.45) is 5.33. The Kier molecular flexibility index (Phi) is 4.74. The molecule has 1 saturated heterocycles. The van der Waals surface area contributed by atoms with E-state index in [-0.39, 0.29) is 5.82 Å². The minimum Gasteiger partial charge on any atom is -0.313 e. The van der Waals surface area contributed by atoms with Gasteiger partial charge in [0.15, 0.2) is 0 Å². The zero-order valence-corrected chi connectivity index (χ0v) is 13.3. The lowest BCUT2D eigenvalue weighted by Gasteiger charge is -2.26. The van der Waals surface area contributed by atoms with E-state index < -0.39 is 0 Å². The Morgan fingerprint density at radius 3 is 2.75 bits per heavy atom. The van der Waals surface area contributed by atoms with Crippen LogP contribution >= 0.6 is 15.9 Å². The molecule has 1 aromatic carbocycles. The van der Waals surface area contributed by atoms with Crippen LogP contribution in [0.1, 0.15) is 31.2 Å². The van der Waals surface area contributed by atoms with Crippen molar-refractivity contribution < 1.29 is 4.39 Å². The Hall–Kier alpha value is -0.450. The van der Waals surface area contributed by atoms with Crippen molar-refractivity contribution in [3.05, 3.63) is 34.1 Å². The Balaban J connectivity index is 1.64. The van der Waals surface area contributed by atoms with E-state index in [4.69, 9.17) is 0 Å². The van der Waals surface area contributed by atoms with Crippen LogP contribution in [0.4, 0.5) is 4.39 Å². The van der Waals surface area contributed by atoms with Crippen LogP contribution in [0.5, 0.6) is 0 Å². The average Bonchev–Trinajstić information content (AvgIpc) is 3.07. The first kappa shape index (κ1) is 14.5. The number of halogens is 2. The van der Waals surface area contributed by atoms with Crippen LogP contribution in [0.25, 0.3) is 0 Å². The standard InChI is InChI=1S/C16H22BrFN2/c17-16-8-14(18)6-5-13(16)10-20(9-12-3-4-12)11-15-2-1-7-19-15/h5-6,8,12,15,19H,1-4,7,9-11H2. The average molecular weight is 341 g/mol. The van der Waals surface area contributed by atoms with Crippen molar-refractivity contribution in [3.63, 3.8) is 0 Å². The van der Waals surface area contributed by atoms with E-state index in [0.29, 0.717) is 6.04 Å². The van der Waals surface area contributed by atoms with Crippen LogP contribution in [-0.2, 0) is 6.54 Å². The predicted molar refractivity (Wildman–Crippen MR) is 83.1 cm³/mol. The molecular weight excluding hydrogens is 319 g/mol. The first-order valence-corrected chi connectivity index (χ1v) is 8.39. The van der Waals surface area contributed by atoms with Crippen molar-refractivity contribution >= 4 is 15.9 Å². The number of hydrogen-bond acceptors (Lipinski definition) is 2. The number of nitrogens with zero attached hydrogens (tertiary/aromatic N) is 1. The summed E-state index contributed by atoms with van der Waals surface area (Å²) in [6.45, 7) is 4.36. The minimum atomic E-state index is -0.174. The second kappa shape index (κ2) is 6.54. The van der Waals surface area contributed by atoms with E-state index in [9.17, 15) is 4.39 Å². The number of nitrogens with one attached hydrogen (secondary N) is 1. The largest absolute Gasteiger partial charge is 0.313 e. The smallest absolute Gasteiger partial charge is 0.124 e. The van der Waals surface area contributed by atoms with Gasteiger partial charge in [0.2, 0.25) is 0 Å². The molecule has 2 fully saturated rings. The Morgan fingerprint density at radius 2 is 2.10 bits per heavy atom. The van der Waals surface area contributed by atoms with Crippen molar-refractivity contribution in [1.82, 2.24) is 10.2 Å². The molecular formula is C16H22BrFN2. The van der Waals surface area contributed by atoms with Gasteiger partial charge in [0.25, 0.3) is 0 Å². The summed E-state index contributed by atoms with van der Waals surface area (Å²) in [5, 5.41) is 3.58. The molecule has 2 aliphatic rings. The minimum absolute atomic E-state index is 0.174. The third kappa shape index (κ3) is 4.03. The summed E-state index contributed by atoms with van der Waals surface area (Å²) >= 11 is 3.49. The van der Waals surface area contributed by atoms with E-state index in [1.165, 1.54) is 37.8 Å². The van der Waals surface area contributed by atoms with Gasteiger partial charge in [-0.2, -0.15) is 0 Å². The van der Waals surface area contributed by atoms with Crippen molar-refractivity contribution in [1.29, 1.82) is 0 Å². The molecule has 1 aromatic rings. The van der Waals surface area contributed by atoms with Crippen LogP contribution in [0.2, 0.25) is 0 Å². The summed E-state index contributed by atoms with van der Waals surface area (Å²) in [5.41, 5.74) is 1.19. The van der Waals surface area contributed by atoms with E-state index in [2.05, 4.69) is 26.1 Å². The summed E-state index contributed by atoms with van der Waals surface area (Å²) in [6, 6.07) is 5.66. The Labute approximate surface area is 128 Å². The van der Waals surface area contributed by atoms with Gasteiger partial charge in [0.05, 0.1) is 0 Å². The fraction of sp³-hybridized carbons (Fsp3) is 0.625. The molecule has 1 atom stereocenters. The van der Waals surface area contributed by atoms with E-state index in [1.807, 2.05) is 6.07 Å². The van der Waals surface area contributed by atoms with Gasteiger partial charge in [0, 0.05) is 30.1 Å². The molecule has 0 spiro atoms. The van der Waals surface area contributed by atoms with Crippen LogP contribution in [0.3, 0.4) is 0 Å². The van der Waals surface area contributed by atoms with Gasteiger partial charge in [-0.05, 0) is 55.8 Å². The Morgan fingerprint density at radius 1 is 1.25 bits per heavy atom. The van der Waals surface area contributed by atoms with Crippen molar-refractivity contribution in [2.75, 3.05) is 19.6 Å². The number of hydrogen-bond donors (Lipinski definition) is 1. The second-order valence-electron chi connectivity index (χ2n) is 6.17. The van der Waals surface area contributed by atoms with Gasteiger partial charge in [-0.15, -0.1) is 0 Å². The van der Waals surface area contributed by atoms with Gasteiger partial charge in [-0.3, -0.25) is 4.90 Å². The molecule has 4 heteroatoms. The molecule has 1 aliphatic heterocycles. The quantitative estimate of drug-likeness (QED) is 0.851. The first-order chi connectivity index (χ1) is 9.70. The van der Waals surface area contributed by atoms with Crippen molar-refractivity contribution in [2.45, 2.75) is 38.3 Å². The van der Waals surface area contributed by atoms with Gasteiger partial charge < -0.3 is 5.32 Å². The van der Waals surface area contributed by atoms with Crippen LogP contribution in [-0.4, -0.2) is 30.6 Å². The molecule has 0 radical (unpaired) electrons. The SMILES string of the molecule is Fc1ccc(CN(CC2CC2)CC2CCCN2)c(Br)c1. The van der Waals surface area contributed by atoms with Crippen LogP contribution in [0.15, 0.2) is 22.7 Å². The predicted octanol–water partition coefficient (Wildman–Crippen LogP) is 3.55. The lowest BCUT2D eigenvalue weighted by Crippen LogP contribution is -2.38. The highest BCUT2D eigenvalue weighted by atomic mass is 79.9. The fourth-order valence-corrected chi connectivity index (χ4v) is 3.46. The highest BCUT2D eigenvalue weighted by molar-refractivity contribution is 9.10. The molecule has 20 heavy (non-hydrogen) atoms. The molecule has 1 aliphatic carbocycles. The second-order valence-corrected chi connectivity index (χ2v) is 7.02. The lowest BCUT2D eigenvalue weighted by atomic mass is 10.1. The van der Waals surface area contributed by atoms with Gasteiger partial charge in [0.1, 0.15) is 5.82 Å². The zero-order chi connectivity index (χ0) is 13.9. The van der Waals surface area contributed by atoms with Crippen LogP contribution in [0, 0.1) is 11.7 Å². The molecule has 1 unspecified atom stereocenters. The molecule has 0 amide bonds. The summed E-state index contributed by atoms with van der Waals surface area (Å²) in [5.74, 6) is 0.711. The molecule has 0 aromatic heterocycles. The maximum atomic E-state index is 13.2. The third-order valence-corrected chi connectivity index (χ3v) is 5.00. The first-order valence-electron chi connectivity index (χ1n) is 7.60. The van der Waals surface area contributed by atoms with E-state index in [0.717, 1.165) is 30.0 Å².